The summed E-state index contributed by atoms with van der Waals surface area (Å²) in [6.07, 6.45) is 9.55. The molecule has 2 N–H and O–H groups in total. The van der Waals surface area contributed by atoms with Gasteiger partial charge in [0, 0.05) is 55.4 Å². The number of pyridine rings is 2. The van der Waals surface area contributed by atoms with Gasteiger partial charge in [0.2, 0.25) is 0 Å². The van der Waals surface area contributed by atoms with E-state index in [9.17, 15) is 19.8 Å². The number of aromatic nitrogens is 4. The van der Waals surface area contributed by atoms with Crippen molar-refractivity contribution in [1.29, 1.82) is 0 Å². The third kappa shape index (κ3) is 5.17. The Kier molecular flexibility index (Phi) is 8.45. The molecular weight excluding hydrogens is 450 g/mol. The van der Waals surface area contributed by atoms with E-state index in [1.165, 1.54) is 20.9 Å². The number of rotatable bonds is 4. The predicted octanol–water partition coefficient (Wildman–Crippen LogP) is 2.70. The first-order chi connectivity index (χ1) is 14.5. The Balaban J connectivity index is 0.000000213. The second kappa shape index (κ2) is 10.8. The number of aryl methyl sites for hydroxylation is 2. The van der Waals surface area contributed by atoms with Gasteiger partial charge in [-0.3, -0.25) is 18.4 Å². The molecule has 0 aliphatic heterocycles. The summed E-state index contributed by atoms with van der Waals surface area (Å²) < 4.78 is 2.75. The van der Waals surface area contributed by atoms with Gasteiger partial charge in [-0.25, -0.2) is 9.97 Å². The van der Waals surface area contributed by atoms with Gasteiger partial charge in [0.05, 0.1) is 0 Å². The van der Waals surface area contributed by atoms with Crippen molar-refractivity contribution in [3.8, 4) is 11.5 Å². The molecule has 4 aromatic heterocycles. The molecule has 0 bridgehead atoms. The van der Waals surface area contributed by atoms with Crippen molar-refractivity contribution in [2.75, 3.05) is 0 Å². The molecule has 0 unspecified atom stereocenters. The number of nitrogens with zero attached hydrogens (tertiary/aromatic N) is 4. The zero-order valence-corrected chi connectivity index (χ0v) is 20.6. The van der Waals surface area contributed by atoms with Gasteiger partial charge in [-0.05, 0) is 37.1 Å². The van der Waals surface area contributed by atoms with E-state index in [0.29, 0.717) is 35.3 Å². The molecule has 0 saturated heterocycles. The number of hydrogen-bond acceptors (Lipinski definition) is 6. The summed E-state index contributed by atoms with van der Waals surface area (Å²) in [4.78, 5) is 31.9. The summed E-state index contributed by atoms with van der Waals surface area (Å²) >= 11 is 0. The minimum absolute atomic E-state index is 0. The third-order valence-electron chi connectivity index (χ3n) is 4.60. The fraction of sp³-hybridized carbons (Fsp3) is 0.273. The quantitative estimate of drug-likeness (QED) is 0.441. The van der Waals surface area contributed by atoms with Gasteiger partial charge in [0.15, 0.2) is 22.8 Å². The van der Waals surface area contributed by atoms with Crippen LogP contribution < -0.4 is 11.1 Å². The number of hydrogen-bond donors (Lipinski definition) is 2. The summed E-state index contributed by atoms with van der Waals surface area (Å²) in [6, 6.07) is 6.28. The SMILES string of the molecule is CCCc1cnc2c(O)cccn2c1=O.CCCc1cnc2c(O)cccn2c1=O.[Zn]. The van der Waals surface area contributed by atoms with Crippen LogP contribution in [0.15, 0.2) is 58.6 Å². The smallest absolute Gasteiger partial charge is 0.261 e. The molecule has 158 valence electrons. The average molecular weight is 474 g/mol. The fourth-order valence-electron chi connectivity index (χ4n) is 3.14. The molecule has 0 aliphatic carbocycles. The molecule has 31 heavy (non-hydrogen) atoms. The maximum Gasteiger partial charge on any atom is 0.261 e. The predicted molar refractivity (Wildman–Crippen MR) is 114 cm³/mol. The molecule has 4 aromatic rings. The van der Waals surface area contributed by atoms with Gasteiger partial charge >= 0.3 is 0 Å². The van der Waals surface area contributed by atoms with Crippen molar-refractivity contribution in [3.05, 3.63) is 80.9 Å². The van der Waals surface area contributed by atoms with Crippen molar-refractivity contribution in [1.82, 2.24) is 18.8 Å². The van der Waals surface area contributed by atoms with Gasteiger partial charge in [-0.15, -0.1) is 0 Å². The average Bonchev–Trinajstić information content (AvgIpc) is 2.74. The van der Waals surface area contributed by atoms with Crippen LogP contribution in [0, 0.1) is 0 Å². The van der Waals surface area contributed by atoms with Crippen molar-refractivity contribution >= 4 is 11.3 Å². The zero-order valence-electron chi connectivity index (χ0n) is 17.7. The van der Waals surface area contributed by atoms with Crippen LogP contribution in [0.3, 0.4) is 0 Å². The molecule has 0 spiro atoms. The van der Waals surface area contributed by atoms with Gasteiger partial charge in [-0.2, -0.15) is 0 Å². The Hall–Kier alpha value is -3.06. The molecule has 4 heterocycles. The molecule has 0 fully saturated rings. The molecule has 8 nitrogen and oxygen atoms in total. The molecule has 0 atom stereocenters. The van der Waals surface area contributed by atoms with Crippen LogP contribution in [0.1, 0.15) is 37.8 Å². The molecule has 0 aromatic carbocycles. The summed E-state index contributed by atoms with van der Waals surface area (Å²) in [7, 11) is 0. The second-order valence-corrected chi connectivity index (χ2v) is 6.85. The summed E-state index contributed by atoms with van der Waals surface area (Å²) in [5, 5.41) is 19.0. The summed E-state index contributed by atoms with van der Waals surface area (Å²) in [6.45, 7) is 4.02. The van der Waals surface area contributed by atoms with Crippen molar-refractivity contribution in [3.63, 3.8) is 0 Å². The van der Waals surface area contributed by atoms with Gasteiger partial charge in [-0.1, -0.05) is 26.7 Å². The Morgan fingerprint density at radius 1 is 0.774 bits per heavy atom. The van der Waals surface area contributed by atoms with Crippen LogP contribution in [0.25, 0.3) is 11.3 Å². The first-order valence-electron chi connectivity index (χ1n) is 9.84. The van der Waals surface area contributed by atoms with Crippen molar-refractivity contribution in [2.45, 2.75) is 39.5 Å². The van der Waals surface area contributed by atoms with Crippen molar-refractivity contribution < 1.29 is 29.7 Å². The van der Waals surface area contributed by atoms with E-state index in [-0.39, 0.29) is 42.1 Å². The minimum atomic E-state index is -0.0993. The summed E-state index contributed by atoms with van der Waals surface area (Å²) in [5.74, 6) is 0.0512. The van der Waals surface area contributed by atoms with Crippen LogP contribution >= 0.6 is 0 Å². The minimum Gasteiger partial charge on any atom is -0.504 e. The van der Waals surface area contributed by atoms with Gasteiger partial charge < -0.3 is 10.2 Å². The summed E-state index contributed by atoms with van der Waals surface area (Å²) in [5.41, 5.74) is 1.78. The molecule has 4 rings (SSSR count). The van der Waals surface area contributed by atoms with Gasteiger partial charge in [0.1, 0.15) is 0 Å². The van der Waals surface area contributed by atoms with E-state index >= 15 is 0 Å². The molecule has 0 saturated carbocycles. The largest absolute Gasteiger partial charge is 0.504 e. The van der Waals surface area contributed by atoms with Crippen LogP contribution in [-0.2, 0) is 32.3 Å². The standard InChI is InChI=1S/2C11H12N2O2.Zn/c2*1-2-4-8-7-12-10-9(14)5-3-6-13(10)11(8)15;/h2*3,5-7,14H,2,4H2,1H3;. The molecule has 0 amide bonds. The van der Waals surface area contributed by atoms with Gasteiger partial charge in [0.25, 0.3) is 11.1 Å². The van der Waals surface area contributed by atoms with E-state index in [0.717, 1.165) is 12.8 Å². The second-order valence-electron chi connectivity index (χ2n) is 6.85. The van der Waals surface area contributed by atoms with Crippen LogP contribution in [0.2, 0.25) is 0 Å². The van der Waals surface area contributed by atoms with E-state index in [2.05, 4.69) is 9.97 Å². The maximum atomic E-state index is 11.9. The normalized spacial score (nSPS) is 10.4. The Morgan fingerprint density at radius 2 is 1.16 bits per heavy atom. The molecule has 0 aliphatic rings. The van der Waals surface area contributed by atoms with E-state index in [1.54, 1.807) is 36.9 Å². The molecule has 9 heteroatoms. The monoisotopic (exact) mass is 472 g/mol. The fourth-order valence-corrected chi connectivity index (χ4v) is 3.14. The van der Waals surface area contributed by atoms with Crippen LogP contribution in [0.4, 0.5) is 0 Å². The van der Waals surface area contributed by atoms with Crippen molar-refractivity contribution in [2.24, 2.45) is 0 Å². The molecular formula is C22H24N4O4Zn. The first-order valence-corrected chi connectivity index (χ1v) is 9.84. The van der Waals surface area contributed by atoms with E-state index in [4.69, 9.17) is 0 Å². The zero-order chi connectivity index (χ0) is 21.7. The van der Waals surface area contributed by atoms with Crippen LogP contribution in [-0.4, -0.2) is 29.0 Å². The Bertz CT molecular complexity index is 1200. The topological polar surface area (TPSA) is 109 Å². The first kappa shape index (κ1) is 24.2. The number of fused-ring (bicyclic) bond motifs is 2. The Morgan fingerprint density at radius 3 is 1.52 bits per heavy atom. The maximum absolute atomic E-state index is 11.9. The number of aromatic hydroxyl groups is 2. The van der Waals surface area contributed by atoms with E-state index in [1.807, 2.05) is 13.8 Å². The van der Waals surface area contributed by atoms with E-state index < -0.39 is 0 Å². The Labute approximate surface area is 191 Å². The van der Waals surface area contributed by atoms with Crippen LogP contribution in [0.5, 0.6) is 11.5 Å². The third-order valence-corrected chi connectivity index (χ3v) is 4.60. The molecule has 0 radical (unpaired) electrons.